The second kappa shape index (κ2) is 5.35. The monoisotopic (exact) mass is 284 g/mol. The molecule has 0 bridgehead atoms. The molecule has 0 spiro atoms. The molecule has 4 nitrogen and oxygen atoms in total. The van der Waals surface area contributed by atoms with Crippen LogP contribution in [0, 0.1) is 5.92 Å². The van der Waals surface area contributed by atoms with Crippen LogP contribution in [-0.2, 0) is 0 Å². The second-order valence-corrected chi connectivity index (χ2v) is 5.90. The van der Waals surface area contributed by atoms with Gasteiger partial charge in [0.25, 0.3) is 0 Å². The normalized spacial score (nSPS) is 22.5. The van der Waals surface area contributed by atoms with E-state index in [4.69, 9.17) is 0 Å². The van der Waals surface area contributed by atoms with Gasteiger partial charge in [0, 0.05) is 23.7 Å². The number of anilines is 1. The number of carboxylic acid groups (broad SMARTS) is 1. The summed E-state index contributed by atoms with van der Waals surface area (Å²) in [5, 5.41) is 10.3. The number of para-hydroxylation sites is 1. The molecule has 1 fully saturated rings. The Balaban J connectivity index is 2.17. The molecule has 2 unspecified atom stereocenters. The van der Waals surface area contributed by atoms with Crippen LogP contribution in [0.3, 0.4) is 0 Å². The molecule has 0 radical (unpaired) electrons. The van der Waals surface area contributed by atoms with Gasteiger partial charge in [0.05, 0.1) is 5.52 Å². The summed E-state index contributed by atoms with van der Waals surface area (Å²) in [5.41, 5.74) is 1.86. The molecule has 1 N–H and O–H groups in total. The molecule has 1 aliphatic heterocycles. The van der Waals surface area contributed by atoms with Gasteiger partial charge in [-0.05, 0) is 37.8 Å². The maximum Gasteiger partial charge on any atom is 0.354 e. The molecule has 2 atom stereocenters. The lowest BCUT2D eigenvalue weighted by molar-refractivity contribution is 0.0691. The van der Waals surface area contributed by atoms with Crippen molar-refractivity contribution in [3.63, 3.8) is 0 Å². The number of piperidine rings is 1. The van der Waals surface area contributed by atoms with Gasteiger partial charge in [0.1, 0.15) is 0 Å². The lowest BCUT2D eigenvalue weighted by Crippen LogP contribution is -2.42. The van der Waals surface area contributed by atoms with Crippen LogP contribution in [-0.4, -0.2) is 28.6 Å². The van der Waals surface area contributed by atoms with Crippen LogP contribution in [0.5, 0.6) is 0 Å². The van der Waals surface area contributed by atoms with Gasteiger partial charge >= 0.3 is 5.97 Å². The average Bonchev–Trinajstić information content (AvgIpc) is 2.49. The lowest BCUT2D eigenvalue weighted by Gasteiger charge is -2.40. The number of pyridine rings is 1. The minimum absolute atomic E-state index is 0.120. The van der Waals surface area contributed by atoms with Crippen LogP contribution >= 0.6 is 0 Å². The van der Waals surface area contributed by atoms with Gasteiger partial charge < -0.3 is 10.0 Å². The zero-order chi connectivity index (χ0) is 15.0. The maximum absolute atomic E-state index is 11.3. The number of hydrogen-bond donors (Lipinski definition) is 1. The summed E-state index contributed by atoms with van der Waals surface area (Å²) in [4.78, 5) is 17.9. The Hall–Kier alpha value is -2.10. The zero-order valence-corrected chi connectivity index (χ0v) is 12.4. The van der Waals surface area contributed by atoms with Crippen molar-refractivity contribution in [1.82, 2.24) is 4.98 Å². The first-order valence-electron chi connectivity index (χ1n) is 7.47. The van der Waals surface area contributed by atoms with Gasteiger partial charge in [0.15, 0.2) is 5.69 Å². The Labute approximate surface area is 124 Å². The molecule has 21 heavy (non-hydrogen) atoms. The predicted octanol–water partition coefficient (Wildman–Crippen LogP) is 3.56. The number of aromatic nitrogens is 1. The third kappa shape index (κ3) is 2.46. The second-order valence-electron chi connectivity index (χ2n) is 5.90. The Bertz CT molecular complexity index is 684. The van der Waals surface area contributed by atoms with E-state index in [1.165, 1.54) is 6.42 Å². The van der Waals surface area contributed by atoms with Crippen molar-refractivity contribution in [3.8, 4) is 0 Å². The van der Waals surface area contributed by atoms with E-state index in [2.05, 4.69) is 23.7 Å². The minimum Gasteiger partial charge on any atom is -0.477 e. The summed E-state index contributed by atoms with van der Waals surface area (Å²) < 4.78 is 0. The van der Waals surface area contributed by atoms with E-state index >= 15 is 0 Å². The quantitative estimate of drug-likeness (QED) is 0.916. The number of nitrogens with zero attached hydrogens (tertiary/aromatic N) is 2. The summed E-state index contributed by atoms with van der Waals surface area (Å²) in [6, 6.07) is 9.91. The van der Waals surface area contributed by atoms with Gasteiger partial charge in [-0.1, -0.05) is 25.1 Å². The standard InChI is InChI=1S/C17H20N2O2/c1-11-6-5-9-19(12(11)2)16-10-15(17(20)21)18-14-8-4-3-7-13(14)16/h3-4,7-8,10-12H,5-6,9H2,1-2H3,(H,20,21). The summed E-state index contributed by atoms with van der Waals surface area (Å²) in [6.07, 6.45) is 2.37. The largest absolute Gasteiger partial charge is 0.477 e. The lowest BCUT2D eigenvalue weighted by atomic mass is 9.91. The smallest absolute Gasteiger partial charge is 0.354 e. The molecular weight excluding hydrogens is 264 g/mol. The fraction of sp³-hybridized carbons (Fsp3) is 0.412. The number of aromatic carboxylic acids is 1. The molecule has 0 amide bonds. The number of benzene rings is 1. The fourth-order valence-corrected chi connectivity index (χ4v) is 3.18. The molecule has 0 saturated carbocycles. The number of rotatable bonds is 2. The summed E-state index contributed by atoms with van der Waals surface area (Å²) >= 11 is 0. The molecule has 1 aromatic carbocycles. The molecule has 1 aliphatic rings. The van der Waals surface area contributed by atoms with Gasteiger partial charge in [-0.2, -0.15) is 0 Å². The highest BCUT2D eigenvalue weighted by molar-refractivity contribution is 5.97. The Morgan fingerprint density at radius 3 is 2.86 bits per heavy atom. The predicted molar refractivity (Wildman–Crippen MR) is 83.9 cm³/mol. The molecule has 110 valence electrons. The van der Waals surface area contributed by atoms with E-state index < -0.39 is 5.97 Å². The van der Waals surface area contributed by atoms with Crippen molar-refractivity contribution in [3.05, 3.63) is 36.0 Å². The SMILES string of the molecule is CC1CCCN(c2cc(C(=O)O)nc3ccccc23)C1C. The highest BCUT2D eigenvalue weighted by Crippen LogP contribution is 2.33. The molecule has 2 aromatic rings. The molecule has 3 rings (SSSR count). The van der Waals surface area contributed by atoms with Crippen LogP contribution in [0.25, 0.3) is 10.9 Å². The van der Waals surface area contributed by atoms with E-state index in [0.29, 0.717) is 12.0 Å². The molecule has 4 heteroatoms. The molecule has 0 aliphatic carbocycles. The summed E-state index contributed by atoms with van der Waals surface area (Å²) in [7, 11) is 0. The van der Waals surface area contributed by atoms with Gasteiger partial charge in [-0.15, -0.1) is 0 Å². The Kier molecular flexibility index (Phi) is 3.53. The molecule has 1 saturated heterocycles. The zero-order valence-electron chi connectivity index (χ0n) is 12.4. The van der Waals surface area contributed by atoms with Crippen LogP contribution in [0.15, 0.2) is 30.3 Å². The van der Waals surface area contributed by atoms with E-state index in [-0.39, 0.29) is 5.69 Å². The van der Waals surface area contributed by atoms with Crippen LogP contribution < -0.4 is 4.90 Å². The van der Waals surface area contributed by atoms with Crippen molar-refractivity contribution in [2.75, 3.05) is 11.4 Å². The van der Waals surface area contributed by atoms with Crippen LogP contribution in [0.4, 0.5) is 5.69 Å². The van der Waals surface area contributed by atoms with E-state index in [0.717, 1.165) is 29.6 Å². The molecule has 2 heterocycles. The number of fused-ring (bicyclic) bond motifs is 1. The highest BCUT2D eigenvalue weighted by Gasteiger charge is 2.26. The van der Waals surface area contributed by atoms with Crippen molar-refractivity contribution >= 4 is 22.6 Å². The first-order valence-corrected chi connectivity index (χ1v) is 7.47. The topological polar surface area (TPSA) is 53.4 Å². The van der Waals surface area contributed by atoms with Crippen molar-refractivity contribution in [2.24, 2.45) is 5.92 Å². The van der Waals surface area contributed by atoms with Crippen LogP contribution in [0.2, 0.25) is 0 Å². The van der Waals surface area contributed by atoms with Crippen molar-refractivity contribution < 1.29 is 9.90 Å². The third-order valence-corrected chi connectivity index (χ3v) is 4.60. The van der Waals surface area contributed by atoms with E-state index in [1.807, 2.05) is 24.3 Å². The Morgan fingerprint density at radius 1 is 1.33 bits per heavy atom. The van der Waals surface area contributed by atoms with E-state index in [1.54, 1.807) is 6.07 Å². The minimum atomic E-state index is -0.972. The first-order chi connectivity index (χ1) is 10.1. The summed E-state index contributed by atoms with van der Waals surface area (Å²) in [6.45, 7) is 5.45. The molecular formula is C17H20N2O2. The third-order valence-electron chi connectivity index (χ3n) is 4.60. The summed E-state index contributed by atoms with van der Waals surface area (Å²) in [5.74, 6) is -0.362. The number of carbonyl (C=O) groups is 1. The maximum atomic E-state index is 11.3. The van der Waals surface area contributed by atoms with Gasteiger partial charge in [0.2, 0.25) is 0 Å². The number of carboxylic acids is 1. The average molecular weight is 284 g/mol. The Morgan fingerprint density at radius 2 is 2.10 bits per heavy atom. The van der Waals surface area contributed by atoms with Gasteiger partial charge in [-0.25, -0.2) is 9.78 Å². The molecule has 1 aromatic heterocycles. The van der Waals surface area contributed by atoms with E-state index in [9.17, 15) is 9.90 Å². The highest BCUT2D eigenvalue weighted by atomic mass is 16.4. The van der Waals surface area contributed by atoms with Crippen molar-refractivity contribution in [1.29, 1.82) is 0 Å². The van der Waals surface area contributed by atoms with Crippen LogP contribution in [0.1, 0.15) is 37.2 Å². The number of hydrogen-bond acceptors (Lipinski definition) is 3. The fourth-order valence-electron chi connectivity index (χ4n) is 3.18. The van der Waals surface area contributed by atoms with Crippen molar-refractivity contribution in [2.45, 2.75) is 32.7 Å². The first kappa shape index (κ1) is 13.9. The van der Waals surface area contributed by atoms with Gasteiger partial charge in [-0.3, -0.25) is 0 Å².